The lowest BCUT2D eigenvalue weighted by atomic mass is 10.3. The molecule has 0 spiro atoms. The molecule has 1 aromatic rings. The van der Waals surface area contributed by atoms with Crippen molar-refractivity contribution < 1.29 is 4.42 Å². The first-order valence-corrected chi connectivity index (χ1v) is 5.15. The quantitative estimate of drug-likeness (QED) is 0.773. The maximum Gasteiger partial charge on any atom is 0.168 e. The van der Waals surface area contributed by atoms with Gasteiger partial charge in [0.25, 0.3) is 0 Å². The lowest BCUT2D eigenvalue weighted by molar-refractivity contribution is 0.481. The molecule has 1 N–H and O–H groups in total. The molecule has 0 aromatic carbocycles. The summed E-state index contributed by atoms with van der Waals surface area (Å²) in [5.41, 5.74) is 1.13. The Morgan fingerprint density at radius 2 is 2.43 bits per heavy atom. The monoisotopic (exact) mass is 212 g/mol. The van der Waals surface area contributed by atoms with E-state index in [1.807, 2.05) is 18.0 Å². The fourth-order valence-electron chi connectivity index (χ4n) is 1.10. The van der Waals surface area contributed by atoms with Crippen LogP contribution in [0.25, 0.3) is 0 Å². The molecule has 0 unspecified atom stereocenters. The average molecular weight is 212 g/mol. The lowest BCUT2D eigenvalue weighted by Crippen LogP contribution is -2.36. The average Bonchev–Trinajstić information content (AvgIpc) is 2.66. The maximum atomic E-state index is 5.20. The van der Waals surface area contributed by atoms with Gasteiger partial charge in [-0.15, -0.1) is 0 Å². The van der Waals surface area contributed by atoms with Crippen LogP contribution >= 0.6 is 12.2 Å². The zero-order chi connectivity index (χ0) is 10.4. The Labute approximate surface area is 90.1 Å². The van der Waals surface area contributed by atoms with E-state index in [0.29, 0.717) is 0 Å². The number of thiocarbonyl (C=S) groups is 1. The molecule has 0 radical (unpaired) electrons. The Balaban J connectivity index is 2.34. The van der Waals surface area contributed by atoms with Crippen LogP contribution in [0.15, 0.2) is 23.0 Å². The molecule has 78 valence electrons. The van der Waals surface area contributed by atoms with Gasteiger partial charge in [0.05, 0.1) is 12.5 Å². The molecule has 0 aliphatic carbocycles. The van der Waals surface area contributed by atoms with E-state index in [0.717, 1.165) is 30.2 Å². The van der Waals surface area contributed by atoms with E-state index >= 15 is 0 Å². The van der Waals surface area contributed by atoms with Crippen molar-refractivity contribution in [3.63, 3.8) is 0 Å². The summed E-state index contributed by atoms with van der Waals surface area (Å²) >= 11 is 5.20. The Kier molecular flexibility index (Phi) is 4.46. The number of nitrogens with zero attached hydrogens (tertiary/aromatic N) is 1. The summed E-state index contributed by atoms with van der Waals surface area (Å²) in [6, 6.07) is 1.94. The number of hydrogen-bond donors (Lipinski definition) is 1. The van der Waals surface area contributed by atoms with Crippen molar-refractivity contribution in [3.05, 3.63) is 24.2 Å². The molecule has 0 bridgehead atoms. The van der Waals surface area contributed by atoms with Crippen molar-refractivity contribution in [1.82, 2.24) is 10.2 Å². The smallest absolute Gasteiger partial charge is 0.168 e. The highest BCUT2D eigenvalue weighted by Gasteiger charge is 2.04. The first kappa shape index (κ1) is 11.0. The van der Waals surface area contributed by atoms with Gasteiger partial charge >= 0.3 is 0 Å². The molecule has 0 fully saturated rings. The number of nitrogens with one attached hydrogen (secondary N) is 1. The van der Waals surface area contributed by atoms with Crippen LogP contribution in [0.1, 0.15) is 18.9 Å². The molecule has 0 saturated carbocycles. The van der Waals surface area contributed by atoms with Gasteiger partial charge < -0.3 is 14.6 Å². The van der Waals surface area contributed by atoms with Crippen LogP contribution in [0.3, 0.4) is 0 Å². The molecule has 0 amide bonds. The largest absolute Gasteiger partial charge is 0.472 e. The van der Waals surface area contributed by atoms with E-state index in [1.165, 1.54) is 0 Å². The first-order valence-electron chi connectivity index (χ1n) is 4.74. The van der Waals surface area contributed by atoms with Crippen molar-refractivity contribution in [2.75, 3.05) is 13.6 Å². The molecule has 3 nitrogen and oxygen atoms in total. The van der Waals surface area contributed by atoms with E-state index in [9.17, 15) is 0 Å². The second kappa shape index (κ2) is 5.65. The third-order valence-corrected chi connectivity index (χ3v) is 2.33. The minimum Gasteiger partial charge on any atom is -0.472 e. The predicted molar refractivity (Wildman–Crippen MR) is 61.1 cm³/mol. The van der Waals surface area contributed by atoms with Crippen LogP contribution in [0, 0.1) is 0 Å². The summed E-state index contributed by atoms with van der Waals surface area (Å²) in [5.74, 6) is 0. The fraction of sp³-hybridized carbons (Fsp3) is 0.500. The standard InChI is InChI=1S/C10H16N2OS/c1-3-5-11-10(14)12(2)7-9-4-6-13-8-9/h4,6,8H,3,5,7H2,1-2H3,(H,11,14). The van der Waals surface area contributed by atoms with Crippen molar-refractivity contribution in [2.45, 2.75) is 19.9 Å². The summed E-state index contributed by atoms with van der Waals surface area (Å²) in [4.78, 5) is 2.00. The Morgan fingerprint density at radius 1 is 1.64 bits per heavy atom. The Morgan fingerprint density at radius 3 is 3.00 bits per heavy atom. The molecule has 0 aliphatic heterocycles. The lowest BCUT2D eigenvalue weighted by Gasteiger charge is -2.19. The van der Waals surface area contributed by atoms with E-state index < -0.39 is 0 Å². The molecule has 0 saturated heterocycles. The van der Waals surface area contributed by atoms with E-state index in [2.05, 4.69) is 12.2 Å². The highest BCUT2D eigenvalue weighted by molar-refractivity contribution is 7.80. The van der Waals surface area contributed by atoms with Gasteiger partial charge in [-0.1, -0.05) is 6.92 Å². The molecule has 1 heterocycles. The minimum atomic E-state index is 0.784. The molecule has 1 aromatic heterocycles. The third kappa shape index (κ3) is 3.38. The van der Waals surface area contributed by atoms with Crippen molar-refractivity contribution in [3.8, 4) is 0 Å². The van der Waals surface area contributed by atoms with Crippen molar-refractivity contribution in [2.24, 2.45) is 0 Å². The minimum absolute atomic E-state index is 0.784. The van der Waals surface area contributed by atoms with Crippen LogP contribution in [0.5, 0.6) is 0 Å². The second-order valence-electron chi connectivity index (χ2n) is 3.22. The molecular formula is C10H16N2OS. The van der Waals surface area contributed by atoms with Crippen LogP contribution in [0.4, 0.5) is 0 Å². The maximum absolute atomic E-state index is 5.20. The number of hydrogen-bond acceptors (Lipinski definition) is 2. The fourth-order valence-corrected chi connectivity index (χ4v) is 1.26. The summed E-state index contributed by atoms with van der Waals surface area (Å²) in [6.45, 7) is 3.83. The summed E-state index contributed by atoms with van der Waals surface area (Å²) < 4.78 is 4.99. The van der Waals surface area contributed by atoms with Gasteiger partial charge in [0, 0.05) is 25.7 Å². The van der Waals surface area contributed by atoms with Gasteiger partial charge in [0.1, 0.15) is 0 Å². The van der Waals surface area contributed by atoms with Crippen molar-refractivity contribution >= 4 is 17.3 Å². The van der Waals surface area contributed by atoms with E-state index in [4.69, 9.17) is 16.6 Å². The SMILES string of the molecule is CCCNC(=S)N(C)Cc1ccoc1. The highest BCUT2D eigenvalue weighted by Crippen LogP contribution is 2.03. The zero-order valence-electron chi connectivity index (χ0n) is 8.62. The number of furan rings is 1. The van der Waals surface area contributed by atoms with Gasteiger partial charge in [0.2, 0.25) is 0 Å². The van der Waals surface area contributed by atoms with Crippen LogP contribution < -0.4 is 5.32 Å². The summed E-state index contributed by atoms with van der Waals surface area (Å²) in [5, 5.41) is 3.96. The van der Waals surface area contributed by atoms with Crippen LogP contribution in [-0.2, 0) is 6.54 Å². The van der Waals surface area contributed by atoms with Gasteiger partial charge in [-0.3, -0.25) is 0 Å². The molecule has 0 atom stereocenters. The number of rotatable bonds is 4. The van der Waals surface area contributed by atoms with Gasteiger partial charge in [-0.2, -0.15) is 0 Å². The van der Waals surface area contributed by atoms with Crippen molar-refractivity contribution in [1.29, 1.82) is 0 Å². The molecular weight excluding hydrogens is 196 g/mol. The van der Waals surface area contributed by atoms with Gasteiger partial charge in [-0.25, -0.2) is 0 Å². The Bertz CT molecular complexity index is 272. The third-order valence-electron chi connectivity index (χ3n) is 1.87. The zero-order valence-corrected chi connectivity index (χ0v) is 9.43. The highest BCUT2D eigenvalue weighted by atomic mass is 32.1. The molecule has 14 heavy (non-hydrogen) atoms. The second-order valence-corrected chi connectivity index (χ2v) is 3.61. The molecule has 4 heteroatoms. The summed E-state index contributed by atoms with van der Waals surface area (Å²) in [6.07, 6.45) is 4.49. The first-order chi connectivity index (χ1) is 6.74. The van der Waals surface area contributed by atoms with E-state index in [1.54, 1.807) is 12.5 Å². The topological polar surface area (TPSA) is 28.4 Å². The Hall–Kier alpha value is -1.03. The molecule has 1 rings (SSSR count). The normalized spacial score (nSPS) is 9.86. The summed E-state index contributed by atoms with van der Waals surface area (Å²) in [7, 11) is 1.97. The van der Waals surface area contributed by atoms with Gasteiger partial charge in [0.15, 0.2) is 5.11 Å². The van der Waals surface area contributed by atoms with Crippen LogP contribution in [-0.4, -0.2) is 23.6 Å². The van der Waals surface area contributed by atoms with Crippen LogP contribution in [0.2, 0.25) is 0 Å². The molecule has 0 aliphatic rings. The van der Waals surface area contributed by atoms with Gasteiger partial charge in [-0.05, 0) is 24.7 Å². The van der Waals surface area contributed by atoms with E-state index in [-0.39, 0.29) is 0 Å². The predicted octanol–water partition coefficient (Wildman–Crippen LogP) is 2.00.